The molecule has 0 radical (unpaired) electrons. The Bertz CT molecular complexity index is 627. The summed E-state index contributed by atoms with van der Waals surface area (Å²) < 4.78 is 26.6. The molecule has 0 aromatic heterocycles. The van der Waals surface area contributed by atoms with Crippen molar-refractivity contribution in [2.45, 2.75) is 12.8 Å². The van der Waals surface area contributed by atoms with Gasteiger partial charge < -0.3 is 28.6 Å². The summed E-state index contributed by atoms with van der Waals surface area (Å²) in [4.78, 5) is 14.4. The van der Waals surface area contributed by atoms with Crippen LogP contribution in [0.3, 0.4) is 0 Å². The van der Waals surface area contributed by atoms with E-state index in [1.165, 1.54) is 0 Å². The van der Waals surface area contributed by atoms with Crippen LogP contribution in [0.15, 0.2) is 18.2 Å². The Kier molecular flexibility index (Phi) is 9.10. The number of amides is 1. The average molecular weight is 393 g/mol. The van der Waals surface area contributed by atoms with Crippen molar-refractivity contribution in [3.63, 3.8) is 0 Å². The molecule has 1 amide bonds. The Labute approximate surface area is 167 Å². The van der Waals surface area contributed by atoms with Gasteiger partial charge in [0.15, 0.2) is 11.5 Å². The number of ether oxygens (including phenoxy) is 5. The topological polar surface area (TPSA) is 66.5 Å². The van der Waals surface area contributed by atoms with E-state index in [4.69, 9.17) is 23.7 Å². The van der Waals surface area contributed by atoms with E-state index in [1.54, 1.807) is 40.6 Å². The summed E-state index contributed by atoms with van der Waals surface area (Å²) in [5, 5.41) is 0. The van der Waals surface area contributed by atoms with Crippen LogP contribution in [-0.2, 0) is 14.3 Å². The van der Waals surface area contributed by atoms with Gasteiger partial charge in [0.05, 0.1) is 34.5 Å². The monoisotopic (exact) mass is 393 g/mol. The molecule has 28 heavy (non-hydrogen) atoms. The molecule has 1 aromatic carbocycles. The molecule has 0 aliphatic carbocycles. The van der Waals surface area contributed by atoms with Crippen LogP contribution in [0.25, 0.3) is 6.08 Å². The van der Waals surface area contributed by atoms with Crippen LogP contribution in [0.1, 0.15) is 18.4 Å². The van der Waals surface area contributed by atoms with Gasteiger partial charge in [-0.15, -0.1) is 0 Å². The molecule has 0 bridgehead atoms. The molecule has 1 fully saturated rings. The van der Waals surface area contributed by atoms with E-state index in [0.29, 0.717) is 36.4 Å². The van der Waals surface area contributed by atoms with Crippen molar-refractivity contribution >= 4 is 12.0 Å². The molecular formula is C21H31NO6. The number of hydrogen-bond acceptors (Lipinski definition) is 6. The van der Waals surface area contributed by atoms with Gasteiger partial charge in [0.25, 0.3) is 0 Å². The number of nitrogens with zero attached hydrogens (tertiary/aromatic N) is 1. The highest BCUT2D eigenvalue weighted by Crippen LogP contribution is 2.38. The summed E-state index contributed by atoms with van der Waals surface area (Å²) in [6.07, 6.45) is 5.27. The maximum Gasteiger partial charge on any atom is 0.246 e. The van der Waals surface area contributed by atoms with Crippen LogP contribution < -0.4 is 14.2 Å². The molecule has 0 spiro atoms. The fourth-order valence-corrected chi connectivity index (χ4v) is 3.18. The fourth-order valence-electron chi connectivity index (χ4n) is 3.18. The molecule has 1 heterocycles. The van der Waals surface area contributed by atoms with Crippen LogP contribution in [0.5, 0.6) is 17.2 Å². The summed E-state index contributed by atoms with van der Waals surface area (Å²) >= 11 is 0. The van der Waals surface area contributed by atoms with Crippen LogP contribution >= 0.6 is 0 Å². The van der Waals surface area contributed by atoms with Crippen molar-refractivity contribution in [2.24, 2.45) is 5.92 Å². The van der Waals surface area contributed by atoms with Crippen LogP contribution in [0, 0.1) is 5.92 Å². The molecule has 1 aliphatic heterocycles. The Hall–Kier alpha value is -2.25. The fraction of sp³-hybridized carbons (Fsp3) is 0.571. The van der Waals surface area contributed by atoms with Gasteiger partial charge in [-0.3, -0.25) is 4.79 Å². The molecule has 0 N–H and O–H groups in total. The normalized spacial score (nSPS) is 15.1. The SMILES string of the molecule is COCCOCC1CCN(C(=O)/C=C/c2cc(OC)c(OC)c(OC)c2)CC1. The van der Waals surface area contributed by atoms with Crippen LogP contribution in [0.2, 0.25) is 0 Å². The quantitative estimate of drug-likeness (QED) is 0.450. The van der Waals surface area contributed by atoms with Gasteiger partial charge in [0.1, 0.15) is 0 Å². The van der Waals surface area contributed by atoms with Crippen molar-refractivity contribution in [2.75, 3.05) is 61.3 Å². The third-order valence-electron chi connectivity index (χ3n) is 4.82. The Balaban J connectivity index is 1.90. The lowest BCUT2D eigenvalue weighted by Crippen LogP contribution is -2.38. The van der Waals surface area contributed by atoms with E-state index in [9.17, 15) is 4.79 Å². The maximum absolute atomic E-state index is 12.5. The molecule has 1 saturated heterocycles. The number of likely N-dealkylation sites (tertiary alicyclic amines) is 1. The van der Waals surface area contributed by atoms with E-state index in [0.717, 1.165) is 38.1 Å². The Morgan fingerprint density at radius 3 is 2.21 bits per heavy atom. The van der Waals surface area contributed by atoms with Crippen LogP contribution in [0.4, 0.5) is 0 Å². The third kappa shape index (κ3) is 6.14. The maximum atomic E-state index is 12.5. The second-order valence-electron chi connectivity index (χ2n) is 6.63. The summed E-state index contributed by atoms with van der Waals surface area (Å²) in [5.74, 6) is 2.15. The van der Waals surface area contributed by atoms with E-state index < -0.39 is 0 Å². The standard InChI is InChI=1S/C21H31NO6/c1-24-11-12-28-15-16-7-9-22(10-8-16)20(23)6-5-17-13-18(25-2)21(27-4)19(14-17)26-3/h5-6,13-14,16H,7-12,15H2,1-4H3/b6-5+. The number of methoxy groups -OCH3 is 4. The second kappa shape index (κ2) is 11.6. The Morgan fingerprint density at radius 2 is 1.68 bits per heavy atom. The van der Waals surface area contributed by atoms with Gasteiger partial charge in [-0.05, 0) is 42.5 Å². The molecule has 1 aromatic rings. The number of piperidine rings is 1. The van der Waals surface area contributed by atoms with E-state index in [2.05, 4.69) is 0 Å². The molecule has 0 atom stereocenters. The summed E-state index contributed by atoms with van der Waals surface area (Å²) in [7, 11) is 6.36. The third-order valence-corrected chi connectivity index (χ3v) is 4.82. The van der Waals surface area contributed by atoms with Gasteiger partial charge in [-0.1, -0.05) is 0 Å². The van der Waals surface area contributed by atoms with Gasteiger partial charge in [-0.2, -0.15) is 0 Å². The smallest absolute Gasteiger partial charge is 0.246 e. The zero-order valence-electron chi connectivity index (χ0n) is 17.2. The second-order valence-corrected chi connectivity index (χ2v) is 6.63. The average Bonchev–Trinajstić information content (AvgIpc) is 2.74. The van der Waals surface area contributed by atoms with Crippen molar-refractivity contribution in [3.8, 4) is 17.2 Å². The summed E-state index contributed by atoms with van der Waals surface area (Å²) in [6, 6.07) is 3.63. The molecule has 0 unspecified atom stereocenters. The number of carbonyl (C=O) groups is 1. The van der Waals surface area contributed by atoms with E-state index in [-0.39, 0.29) is 5.91 Å². The first kappa shape index (κ1) is 22.0. The van der Waals surface area contributed by atoms with E-state index in [1.807, 2.05) is 17.0 Å². The summed E-state index contributed by atoms with van der Waals surface area (Å²) in [6.45, 7) is 3.45. The van der Waals surface area contributed by atoms with Gasteiger partial charge in [-0.25, -0.2) is 0 Å². The predicted molar refractivity (Wildman–Crippen MR) is 107 cm³/mol. The van der Waals surface area contributed by atoms with Gasteiger partial charge in [0, 0.05) is 32.9 Å². The van der Waals surface area contributed by atoms with Crippen molar-refractivity contribution in [1.82, 2.24) is 4.90 Å². The first-order valence-corrected chi connectivity index (χ1v) is 9.46. The van der Waals surface area contributed by atoms with E-state index >= 15 is 0 Å². The first-order chi connectivity index (χ1) is 13.6. The zero-order chi connectivity index (χ0) is 20.4. The molecule has 2 rings (SSSR count). The minimum atomic E-state index is 0.00695. The number of hydrogen-bond donors (Lipinski definition) is 0. The lowest BCUT2D eigenvalue weighted by Gasteiger charge is -2.31. The molecule has 0 saturated carbocycles. The number of rotatable bonds is 10. The van der Waals surface area contributed by atoms with Crippen molar-refractivity contribution in [3.05, 3.63) is 23.8 Å². The summed E-state index contributed by atoms with van der Waals surface area (Å²) in [5.41, 5.74) is 0.810. The highest BCUT2D eigenvalue weighted by atomic mass is 16.5. The largest absolute Gasteiger partial charge is 0.493 e. The van der Waals surface area contributed by atoms with Crippen molar-refractivity contribution < 1.29 is 28.5 Å². The number of benzene rings is 1. The predicted octanol–water partition coefficient (Wildman–Crippen LogP) is 2.63. The molecule has 156 valence electrons. The highest BCUT2D eigenvalue weighted by molar-refractivity contribution is 5.92. The molecular weight excluding hydrogens is 362 g/mol. The van der Waals surface area contributed by atoms with Crippen molar-refractivity contribution in [1.29, 1.82) is 0 Å². The minimum Gasteiger partial charge on any atom is -0.493 e. The molecule has 1 aliphatic rings. The molecule has 7 nitrogen and oxygen atoms in total. The zero-order valence-corrected chi connectivity index (χ0v) is 17.2. The lowest BCUT2D eigenvalue weighted by molar-refractivity contribution is -0.127. The minimum absolute atomic E-state index is 0.00695. The van der Waals surface area contributed by atoms with Gasteiger partial charge in [0.2, 0.25) is 11.7 Å². The first-order valence-electron chi connectivity index (χ1n) is 9.46. The van der Waals surface area contributed by atoms with Gasteiger partial charge >= 0.3 is 0 Å². The molecule has 7 heteroatoms. The number of carbonyl (C=O) groups excluding carboxylic acids is 1. The Morgan fingerprint density at radius 1 is 1.04 bits per heavy atom. The lowest BCUT2D eigenvalue weighted by atomic mass is 9.98. The van der Waals surface area contributed by atoms with Crippen LogP contribution in [-0.4, -0.2) is 72.2 Å². The highest BCUT2D eigenvalue weighted by Gasteiger charge is 2.21.